The van der Waals surface area contributed by atoms with Gasteiger partial charge in [0.25, 0.3) is 0 Å². The zero-order valence-electron chi connectivity index (χ0n) is 15.5. The van der Waals surface area contributed by atoms with E-state index in [9.17, 15) is 9.59 Å². The van der Waals surface area contributed by atoms with Crippen LogP contribution in [-0.4, -0.2) is 32.9 Å². The summed E-state index contributed by atoms with van der Waals surface area (Å²) in [4.78, 5) is 26.8. The Bertz CT molecular complexity index is 1130. The molecule has 0 heterocycles. The molecule has 0 radical (unpaired) electrons. The maximum atomic E-state index is 13.5. The smallest absolute Gasteiger partial charge is 0.199 e. The SMILES string of the molecule is COc1ccc(OC)c2c1C(=O)c1ccc3cc(C)cc(OC)c3c1C2=O. The number of aryl methyl sites for hydroxylation is 1. The minimum Gasteiger partial charge on any atom is -0.496 e. The number of carbonyl (C=O) groups excluding carboxylic acids is 2. The fourth-order valence-corrected chi connectivity index (χ4v) is 3.77. The number of ketones is 2. The third kappa shape index (κ3) is 2.31. The number of ether oxygens (including phenoxy) is 3. The van der Waals surface area contributed by atoms with Crippen LogP contribution in [0.25, 0.3) is 10.8 Å². The predicted octanol–water partition coefficient (Wildman–Crippen LogP) is 3.95. The van der Waals surface area contributed by atoms with Crippen molar-refractivity contribution in [1.82, 2.24) is 0 Å². The Kier molecular flexibility index (Phi) is 3.88. The summed E-state index contributed by atoms with van der Waals surface area (Å²) < 4.78 is 16.2. The lowest BCUT2D eigenvalue weighted by Gasteiger charge is -2.23. The van der Waals surface area contributed by atoms with Gasteiger partial charge in [-0.15, -0.1) is 0 Å². The molecule has 0 spiro atoms. The maximum Gasteiger partial charge on any atom is 0.199 e. The van der Waals surface area contributed by atoms with Crippen molar-refractivity contribution >= 4 is 22.3 Å². The molecule has 0 saturated heterocycles. The van der Waals surface area contributed by atoms with Crippen LogP contribution in [0, 0.1) is 6.92 Å². The number of carbonyl (C=O) groups is 2. The van der Waals surface area contributed by atoms with Gasteiger partial charge in [-0.05, 0) is 42.1 Å². The first kappa shape index (κ1) is 17.1. The van der Waals surface area contributed by atoms with Crippen molar-refractivity contribution in [2.75, 3.05) is 21.3 Å². The van der Waals surface area contributed by atoms with E-state index < -0.39 is 0 Å². The molecule has 0 N–H and O–H groups in total. The number of rotatable bonds is 3. The minimum absolute atomic E-state index is 0.226. The van der Waals surface area contributed by atoms with Gasteiger partial charge in [0.1, 0.15) is 17.2 Å². The summed E-state index contributed by atoms with van der Waals surface area (Å²) in [5.41, 5.74) is 2.15. The monoisotopic (exact) mass is 362 g/mol. The van der Waals surface area contributed by atoms with Crippen molar-refractivity contribution in [3.05, 3.63) is 64.2 Å². The predicted molar refractivity (Wildman–Crippen MR) is 102 cm³/mol. The normalized spacial score (nSPS) is 12.6. The van der Waals surface area contributed by atoms with E-state index in [1.54, 1.807) is 25.3 Å². The van der Waals surface area contributed by atoms with E-state index >= 15 is 0 Å². The van der Waals surface area contributed by atoms with Gasteiger partial charge in [0, 0.05) is 16.5 Å². The van der Waals surface area contributed by atoms with Crippen LogP contribution in [0.5, 0.6) is 17.2 Å². The Balaban J connectivity index is 2.14. The Morgan fingerprint density at radius 2 is 1.26 bits per heavy atom. The number of hydrogen-bond acceptors (Lipinski definition) is 5. The highest BCUT2D eigenvalue weighted by Gasteiger charge is 2.37. The Labute approximate surface area is 156 Å². The molecule has 4 rings (SSSR count). The molecular formula is C22H18O5. The fraction of sp³-hybridized carbons (Fsp3) is 0.182. The summed E-state index contributed by atoms with van der Waals surface area (Å²) >= 11 is 0. The molecule has 0 aromatic heterocycles. The van der Waals surface area contributed by atoms with E-state index in [1.165, 1.54) is 14.2 Å². The fourth-order valence-electron chi connectivity index (χ4n) is 3.77. The number of hydrogen-bond donors (Lipinski definition) is 0. The first-order chi connectivity index (χ1) is 13.0. The van der Waals surface area contributed by atoms with Crippen molar-refractivity contribution in [2.45, 2.75) is 6.92 Å². The van der Waals surface area contributed by atoms with E-state index in [0.29, 0.717) is 33.8 Å². The third-order valence-corrected chi connectivity index (χ3v) is 4.94. The molecule has 136 valence electrons. The summed E-state index contributed by atoms with van der Waals surface area (Å²) in [5, 5.41) is 1.48. The van der Waals surface area contributed by atoms with Crippen molar-refractivity contribution in [3.63, 3.8) is 0 Å². The zero-order valence-corrected chi connectivity index (χ0v) is 15.5. The van der Waals surface area contributed by atoms with Gasteiger partial charge >= 0.3 is 0 Å². The van der Waals surface area contributed by atoms with E-state index in [1.807, 2.05) is 25.1 Å². The van der Waals surface area contributed by atoms with Gasteiger partial charge in [-0.3, -0.25) is 9.59 Å². The number of benzene rings is 3. The van der Waals surface area contributed by atoms with Crippen LogP contribution in [0.4, 0.5) is 0 Å². The standard InChI is InChI=1S/C22H18O5/c1-11-9-12-5-6-13-18(17(12)16(10-11)27-4)22(24)20-15(26-3)8-7-14(25-2)19(20)21(13)23/h5-10H,1-4H3. The van der Waals surface area contributed by atoms with Crippen LogP contribution in [0.2, 0.25) is 0 Å². The highest BCUT2D eigenvalue weighted by molar-refractivity contribution is 6.34. The molecule has 3 aromatic carbocycles. The second-order valence-electron chi connectivity index (χ2n) is 6.43. The lowest BCUT2D eigenvalue weighted by molar-refractivity contribution is 0.0975. The van der Waals surface area contributed by atoms with Crippen LogP contribution in [0.1, 0.15) is 37.4 Å². The van der Waals surface area contributed by atoms with Gasteiger partial charge in [-0.25, -0.2) is 0 Å². The first-order valence-corrected chi connectivity index (χ1v) is 8.47. The van der Waals surface area contributed by atoms with E-state index in [4.69, 9.17) is 14.2 Å². The lowest BCUT2D eigenvalue weighted by atomic mass is 9.80. The summed E-state index contributed by atoms with van der Waals surface area (Å²) in [6, 6.07) is 10.6. The van der Waals surface area contributed by atoms with Crippen molar-refractivity contribution in [2.24, 2.45) is 0 Å². The van der Waals surface area contributed by atoms with E-state index in [2.05, 4.69) is 0 Å². The molecule has 0 bridgehead atoms. The molecule has 0 atom stereocenters. The van der Waals surface area contributed by atoms with Crippen LogP contribution in [-0.2, 0) is 0 Å². The molecule has 0 saturated carbocycles. The average Bonchev–Trinajstić information content (AvgIpc) is 2.69. The first-order valence-electron chi connectivity index (χ1n) is 8.47. The van der Waals surface area contributed by atoms with Crippen molar-refractivity contribution in [1.29, 1.82) is 0 Å². The summed E-state index contributed by atoms with van der Waals surface area (Å²) in [7, 11) is 4.50. The molecule has 1 aliphatic carbocycles. The maximum absolute atomic E-state index is 13.5. The molecule has 27 heavy (non-hydrogen) atoms. The topological polar surface area (TPSA) is 61.8 Å². The van der Waals surface area contributed by atoms with Gasteiger partial charge in [0.2, 0.25) is 0 Å². The van der Waals surface area contributed by atoms with Gasteiger partial charge < -0.3 is 14.2 Å². The van der Waals surface area contributed by atoms with E-state index in [-0.39, 0.29) is 22.7 Å². The average molecular weight is 362 g/mol. The summed E-state index contributed by atoms with van der Waals surface area (Å²) in [6.45, 7) is 1.96. The molecule has 1 aliphatic rings. The molecule has 0 aliphatic heterocycles. The van der Waals surface area contributed by atoms with Crippen molar-refractivity contribution < 1.29 is 23.8 Å². The van der Waals surface area contributed by atoms with Gasteiger partial charge in [0.15, 0.2) is 11.6 Å². The summed E-state index contributed by atoms with van der Waals surface area (Å²) in [6.07, 6.45) is 0. The quantitative estimate of drug-likeness (QED) is 0.552. The third-order valence-electron chi connectivity index (χ3n) is 4.94. The Morgan fingerprint density at radius 3 is 1.85 bits per heavy atom. The zero-order chi connectivity index (χ0) is 19.3. The Hall–Kier alpha value is -3.34. The second-order valence-corrected chi connectivity index (χ2v) is 6.43. The molecule has 5 heteroatoms. The second kappa shape index (κ2) is 6.13. The molecule has 0 unspecified atom stereocenters. The largest absolute Gasteiger partial charge is 0.496 e. The van der Waals surface area contributed by atoms with Crippen LogP contribution >= 0.6 is 0 Å². The lowest BCUT2D eigenvalue weighted by Crippen LogP contribution is -2.23. The molecule has 3 aromatic rings. The molecular weight excluding hydrogens is 344 g/mol. The minimum atomic E-state index is -0.275. The highest BCUT2D eigenvalue weighted by atomic mass is 16.5. The van der Waals surface area contributed by atoms with Gasteiger partial charge in [-0.1, -0.05) is 12.1 Å². The van der Waals surface area contributed by atoms with Crippen LogP contribution < -0.4 is 14.2 Å². The van der Waals surface area contributed by atoms with Crippen LogP contribution in [0.15, 0.2) is 36.4 Å². The van der Waals surface area contributed by atoms with Gasteiger partial charge in [0.05, 0.1) is 32.5 Å². The number of fused-ring (bicyclic) bond motifs is 4. The molecule has 5 nitrogen and oxygen atoms in total. The number of methoxy groups -OCH3 is 3. The van der Waals surface area contributed by atoms with Crippen molar-refractivity contribution in [3.8, 4) is 17.2 Å². The summed E-state index contributed by atoms with van der Waals surface area (Å²) in [5.74, 6) is 0.722. The molecule has 0 fully saturated rings. The molecule has 0 amide bonds. The highest BCUT2D eigenvalue weighted by Crippen LogP contribution is 2.42. The van der Waals surface area contributed by atoms with E-state index in [0.717, 1.165) is 10.9 Å². The van der Waals surface area contributed by atoms with Crippen LogP contribution in [0.3, 0.4) is 0 Å². The Morgan fingerprint density at radius 1 is 0.667 bits per heavy atom. The van der Waals surface area contributed by atoms with Gasteiger partial charge in [-0.2, -0.15) is 0 Å².